The molecule has 28 heavy (non-hydrogen) atoms. The van der Waals surface area contributed by atoms with Gasteiger partial charge in [0.05, 0.1) is 5.92 Å². The molecule has 1 aliphatic carbocycles. The third-order valence-electron chi connectivity index (χ3n) is 7.23. The number of hydrogen-bond donors (Lipinski definition) is 1. The number of piperidine rings is 1. The number of likely N-dealkylation sites (tertiary alicyclic amines) is 2. The molecule has 1 spiro atoms. The zero-order valence-electron chi connectivity index (χ0n) is 16.6. The van der Waals surface area contributed by atoms with Gasteiger partial charge in [-0.3, -0.25) is 14.6 Å². The van der Waals surface area contributed by atoms with Crippen LogP contribution in [0.4, 0.5) is 0 Å². The first kappa shape index (κ1) is 19.4. The Balaban J connectivity index is 1.40. The average molecular weight is 386 g/mol. The van der Waals surface area contributed by atoms with Gasteiger partial charge >= 0.3 is 5.97 Å². The summed E-state index contributed by atoms with van der Waals surface area (Å²) in [6.07, 6.45) is 11.4. The third-order valence-corrected chi connectivity index (χ3v) is 7.23. The molecule has 2 saturated heterocycles. The molecule has 6 heteroatoms. The highest BCUT2D eigenvalue weighted by Crippen LogP contribution is 2.45. The number of carboxylic acid groups (broad SMARTS) is 1. The molecule has 1 N–H and O–H groups in total. The fourth-order valence-corrected chi connectivity index (χ4v) is 5.62. The van der Waals surface area contributed by atoms with Crippen molar-refractivity contribution in [1.82, 2.24) is 14.8 Å². The first-order valence-electron chi connectivity index (χ1n) is 10.7. The van der Waals surface area contributed by atoms with Crippen molar-refractivity contribution >= 4 is 11.9 Å². The van der Waals surface area contributed by atoms with Crippen LogP contribution in [0.2, 0.25) is 0 Å². The lowest BCUT2D eigenvalue weighted by Crippen LogP contribution is -2.48. The van der Waals surface area contributed by atoms with Gasteiger partial charge in [-0.2, -0.15) is 0 Å². The van der Waals surface area contributed by atoms with Crippen LogP contribution in [0.25, 0.3) is 0 Å². The van der Waals surface area contributed by atoms with Gasteiger partial charge in [-0.15, -0.1) is 0 Å². The molecule has 1 unspecified atom stereocenters. The Hall–Kier alpha value is -1.95. The van der Waals surface area contributed by atoms with Crippen LogP contribution in [0.5, 0.6) is 0 Å². The van der Waals surface area contributed by atoms with Crippen molar-refractivity contribution < 1.29 is 14.7 Å². The Morgan fingerprint density at radius 3 is 2.43 bits per heavy atom. The largest absolute Gasteiger partial charge is 0.481 e. The molecule has 4 rings (SSSR count). The summed E-state index contributed by atoms with van der Waals surface area (Å²) in [7, 11) is 0. The quantitative estimate of drug-likeness (QED) is 0.863. The summed E-state index contributed by atoms with van der Waals surface area (Å²) in [6.45, 7) is 3.87. The lowest BCUT2D eigenvalue weighted by Gasteiger charge is -2.41. The molecule has 2 aliphatic heterocycles. The summed E-state index contributed by atoms with van der Waals surface area (Å²) in [4.78, 5) is 33.0. The molecule has 0 aromatic carbocycles. The van der Waals surface area contributed by atoms with Crippen LogP contribution in [0.3, 0.4) is 0 Å². The first-order valence-corrected chi connectivity index (χ1v) is 10.7. The molecule has 1 atom stereocenters. The second kappa shape index (κ2) is 8.19. The summed E-state index contributed by atoms with van der Waals surface area (Å²) >= 11 is 0. The van der Waals surface area contributed by atoms with E-state index in [-0.39, 0.29) is 17.2 Å². The molecule has 0 radical (unpaired) electrons. The molecular weight excluding hydrogens is 354 g/mol. The van der Waals surface area contributed by atoms with E-state index in [0.29, 0.717) is 25.2 Å². The number of hydrogen-bond acceptors (Lipinski definition) is 4. The summed E-state index contributed by atoms with van der Waals surface area (Å²) in [6, 6.07) is 3.49. The van der Waals surface area contributed by atoms with Crippen molar-refractivity contribution in [1.29, 1.82) is 0 Å². The highest BCUT2D eigenvalue weighted by atomic mass is 16.4. The summed E-state index contributed by atoms with van der Waals surface area (Å²) in [5.41, 5.74) is 0.473. The predicted molar refractivity (Wildman–Crippen MR) is 106 cm³/mol. The Bertz CT molecular complexity index is 694. The molecule has 152 valence electrons. The molecule has 1 saturated carbocycles. The summed E-state index contributed by atoms with van der Waals surface area (Å²) in [5, 5.41) is 9.89. The third kappa shape index (κ3) is 3.93. The highest BCUT2D eigenvalue weighted by molar-refractivity contribution is 5.94. The summed E-state index contributed by atoms with van der Waals surface area (Å²) < 4.78 is 0. The summed E-state index contributed by atoms with van der Waals surface area (Å²) in [5.74, 6) is -0.220. The standard InChI is InChI=1S/C22H31N3O3/c26-20(18-6-10-23-11-7-18)25-12-8-22(9-13-25)16-24(15-19(22)21(27)28)14-17-4-2-1-3-5-17/h6-7,10-11,17,19H,1-5,8-9,12-16H2,(H,27,28). The van der Waals surface area contributed by atoms with Crippen LogP contribution >= 0.6 is 0 Å². The maximum atomic E-state index is 12.7. The van der Waals surface area contributed by atoms with Crippen LogP contribution in [0.15, 0.2) is 24.5 Å². The number of pyridine rings is 1. The highest BCUT2D eigenvalue weighted by Gasteiger charge is 2.51. The first-order chi connectivity index (χ1) is 13.6. The fourth-order valence-electron chi connectivity index (χ4n) is 5.62. The Labute approximate surface area is 166 Å². The van der Waals surface area contributed by atoms with Gasteiger partial charge in [0.15, 0.2) is 0 Å². The number of carbonyl (C=O) groups excluding carboxylic acids is 1. The second-order valence-corrected chi connectivity index (χ2v) is 8.98. The number of carbonyl (C=O) groups is 2. The molecule has 1 aromatic rings. The predicted octanol–water partition coefficient (Wildman–Crippen LogP) is 2.90. The normalized spacial score (nSPS) is 25.9. The van der Waals surface area contributed by atoms with Crippen LogP contribution in [-0.4, -0.2) is 64.5 Å². The average Bonchev–Trinajstić information content (AvgIpc) is 3.07. The topological polar surface area (TPSA) is 73.7 Å². The molecule has 3 fully saturated rings. The molecule has 3 aliphatic rings. The lowest BCUT2D eigenvalue weighted by molar-refractivity contribution is -0.145. The molecule has 0 bridgehead atoms. The smallest absolute Gasteiger partial charge is 0.308 e. The Morgan fingerprint density at radius 1 is 1.11 bits per heavy atom. The Morgan fingerprint density at radius 2 is 1.79 bits per heavy atom. The van der Waals surface area contributed by atoms with Gasteiger partial charge in [-0.25, -0.2) is 0 Å². The minimum atomic E-state index is -0.667. The van der Waals surface area contributed by atoms with E-state index in [1.165, 1.54) is 32.1 Å². The van der Waals surface area contributed by atoms with Gasteiger partial charge in [-0.05, 0) is 43.7 Å². The number of rotatable bonds is 4. The number of amides is 1. The number of nitrogens with zero attached hydrogens (tertiary/aromatic N) is 3. The van der Waals surface area contributed by atoms with E-state index in [9.17, 15) is 14.7 Å². The fraction of sp³-hybridized carbons (Fsp3) is 0.682. The molecule has 3 heterocycles. The van der Waals surface area contributed by atoms with Crippen LogP contribution in [0.1, 0.15) is 55.3 Å². The van der Waals surface area contributed by atoms with Gasteiger partial charge in [0.25, 0.3) is 5.91 Å². The minimum absolute atomic E-state index is 0.0289. The van der Waals surface area contributed by atoms with Crippen LogP contribution in [0, 0.1) is 17.3 Å². The Kier molecular flexibility index (Phi) is 5.67. The number of aromatic nitrogens is 1. The zero-order chi connectivity index (χ0) is 19.6. The molecule has 1 aromatic heterocycles. The molecular formula is C22H31N3O3. The van der Waals surface area contributed by atoms with Gasteiger partial charge in [0.1, 0.15) is 0 Å². The van der Waals surface area contributed by atoms with Gasteiger partial charge < -0.3 is 14.9 Å². The van der Waals surface area contributed by atoms with E-state index in [2.05, 4.69) is 9.88 Å². The van der Waals surface area contributed by atoms with Crippen molar-refractivity contribution in [2.45, 2.75) is 44.9 Å². The number of carboxylic acids is 1. The van der Waals surface area contributed by atoms with E-state index in [0.717, 1.165) is 31.8 Å². The van der Waals surface area contributed by atoms with E-state index in [1.54, 1.807) is 24.5 Å². The number of aliphatic carboxylic acids is 1. The molecule has 6 nitrogen and oxygen atoms in total. The van der Waals surface area contributed by atoms with E-state index in [4.69, 9.17) is 0 Å². The van der Waals surface area contributed by atoms with E-state index in [1.807, 2.05) is 4.90 Å². The zero-order valence-corrected chi connectivity index (χ0v) is 16.6. The molecule has 1 amide bonds. The van der Waals surface area contributed by atoms with Crippen molar-refractivity contribution in [3.8, 4) is 0 Å². The van der Waals surface area contributed by atoms with Gasteiger partial charge in [-0.1, -0.05) is 19.3 Å². The maximum Gasteiger partial charge on any atom is 0.308 e. The van der Waals surface area contributed by atoms with E-state index >= 15 is 0 Å². The van der Waals surface area contributed by atoms with Crippen LogP contribution < -0.4 is 0 Å². The SMILES string of the molecule is O=C(O)C1CN(CC2CCCCC2)CC12CCN(C(=O)c1ccncc1)CC2. The van der Waals surface area contributed by atoms with E-state index < -0.39 is 5.97 Å². The lowest BCUT2D eigenvalue weighted by atomic mass is 9.71. The van der Waals surface area contributed by atoms with Gasteiger partial charge in [0, 0.05) is 56.1 Å². The monoisotopic (exact) mass is 385 g/mol. The minimum Gasteiger partial charge on any atom is -0.481 e. The van der Waals surface area contributed by atoms with Crippen LogP contribution in [-0.2, 0) is 4.79 Å². The van der Waals surface area contributed by atoms with Crippen molar-refractivity contribution in [3.05, 3.63) is 30.1 Å². The van der Waals surface area contributed by atoms with Crippen molar-refractivity contribution in [2.75, 3.05) is 32.7 Å². The maximum absolute atomic E-state index is 12.7. The van der Waals surface area contributed by atoms with Gasteiger partial charge in [0.2, 0.25) is 0 Å². The van der Waals surface area contributed by atoms with Crippen molar-refractivity contribution in [3.63, 3.8) is 0 Å². The second-order valence-electron chi connectivity index (χ2n) is 8.98. The van der Waals surface area contributed by atoms with Crippen molar-refractivity contribution in [2.24, 2.45) is 17.3 Å².